The molecule has 1 aromatic rings. The second-order valence-corrected chi connectivity index (χ2v) is 14.0. The number of nitrogens with zero attached hydrogens (tertiary/aromatic N) is 1. The third-order valence-corrected chi connectivity index (χ3v) is 10.2. The van der Waals surface area contributed by atoms with Gasteiger partial charge in [-0.15, -0.1) is 0 Å². The Morgan fingerprint density at radius 1 is 1.12 bits per heavy atom. The summed E-state index contributed by atoms with van der Waals surface area (Å²) >= 11 is 0. The Morgan fingerprint density at radius 2 is 1.67 bits per heavy atom. The van der Waals surface area contributed by atoms with Gasteiger partial charge < -0.3 is 13.7 Å². The lowest BCUT2D eigenvalue weighted by atomic mass is 9.83. The lowest BCUT2D eigenvalue weighted by molar-refractivity contribution is 0.00578. The van der Waals surface area contributed by atoms with Crippen molar-refractivity contribution in [2.24, 2.45) is 0 Å². The van der Waals surface area contributed by atoms with Crippen molar-refractivity contribution in [2.45, 2.75) is 84.4 Å². The third kappa shape index (κ3) is 3.93. The summed E-state index contributed by atoms with van der Waals surface area (Å²) in [6, 6.07) is 4.04. The van der Waals surface area contributed by atoms with Crippen LogP contribution in [0.1, 0.15) is 54.0 Å². The third-order valence-electron chi connectivity index (χ3n) is 5.75. The number of pyridine rings is 1. The Morgan fingerprint density at radius 3 is 2.17 bits per heavy atom. The van der Waals surface area contributed by atoms with Crippen molar-refractivity contribution in [2.75, 3.05) is 0 Å². The van der Waals surface area contributed by atoms with E-state index in [1.807, 2.05) is 18.3 Å². The van der Waals surface area contributed by atoms with Gasteiger partial charge in [0.25, 0.3) is 0 Å². The molecule has 1 aliphatic rings. The minimum absolute atomic E-state index is 0.203. The highest BCUT2D eigenvalue weighted by Gasteiger charge is 2.52. The van der Waals surface area contributed by atoms with Gasteiger partial charge in [0.2, 0.25) is 0 Å². The molecule has 2 rings (SSSR count). The summed E-state index contributed by atoms with van der Waals surface area (Å²) in [6.07, 6.45) is 1.81. The first-order valence-electron chi connectivity index (χ1n) is 8.70. The first-order valence-corrected chi connectivity index (χ1v) is 11.6. The average Bonchev–Trinajstić information content (AvgIpc) is 2.64. The molecular weight excluding hydrogens is 317 g/mol. The van der Waals surface area contributed by atoms with E-state index in [-0.39, 0.29) is 16.2 Å². The summed E-state index contributed by atoms with van der Waals surface area (Å²) in [4.78, 5) is 4.45. The van der Waals surface area contributed by atoms with Gasteiger partial charge in [-0.25, -0.2) is 0 Å². The van der Waals surface area contributed by atoms with E-state index >= 15 is 0 Å². The molecule has 2 heterocycles. The molecule has 0 unspecified atom stereocenters. The number of hydrogen-bond donors (Lipinski definition) is 0. The van der Waals surface area contributed by atoms with Gasteiger partial charge >= 0.3 is 7.12 Å². The monoisotopic (exact) mass is 349 g/mol. The van der Waals surface area contributed by atoms with Gasteiger partial charge in [-0.05, 0) is 63.5 Å². The van der Waals surface area contributed by atoms with Crippen molar-refractivity contribution >= 4 is 21.0 Å². The van der Waals surface area contributed by atoms with Crippen molar-refractivity contribution < 1.29 is 13.7 Å². The quantitative estimate of drug-likeness (QED) is 0.773. The maximum absolute atomic E-state index is 6.31. The highest BCUT2D eigenvalue weighted by molar-refractivity contribution is 6.74. The molecule has 0 amide bonds. The Kier molecular flexibility index (Phi) is 5.10. The Labute approximate surface area is 148 Å². The van der Waals surface area contributed by atoms with Crippen molar-refractivity contribution in [3.8, 4) is 0 Å². The predicted octanol–water partition coefficient (Wildman–Crippen LogP) is 3.90. The zero-order valence-corrected chi connectivity index (χ0v) is 17.7. The number of hydrogen-bond acceptors (Lipinski definition) is 4. The van der Waals surface area contributed by atoms with Crippen molar-refractivity contribution in [3.63, 3.8) is 0 Å². The zero-order valence-electron chi connectivity index (χ0n) is 16.7. The van der Waals surface area contributed by atoms with Crippen LogP contribution in [0.25, 0.3) is 0 Å². The Hall–Kier alpha value is -0.688. The van der Waals surface area contributed by atoms with Gasteiger partial charge in [0.05, 0.1) is 23.4 Å². The van der Waals surface area contributed by atoms with E-state index in [9.17, 15) is 0 Å². The van der Waals surface area contributed by atoms with E-state index in [4.69, 9.17) is 13.7 Å². The molecular formula is C18H32BNO3Si. The molecule has 0 saturated carbocycles. The maximum atomic E-state index is 6.31. The minimum Gasteiger partial charge on any atom is -0.413 e. The molecule has 134 valence electrons. The van der Waals surface area contributed by atoms with Crippen LogP contribution < -0.4 is 5.59 Å². The molecule has 1 saturated heterocycles. The number of rotatable bonds is 4. The molecule has 1 aromatic heterocycles. The molecule has 1 aliphatic heterocycles. The van der Waals surface area contributed by atoms with Crippen LogP contribution in [0.4, 0.5) is 0 Å². The van der Waals surface area contributed by atoms with E-state index in [0.717, 1.165) is 11.2 Å². The molecule has 6 heteroatoms. The second-order valence-electron chi connectivity index (χ2n) is 9.23. The molecule has 4 nitrogen and oxygen atoms in total. The fraction of sp³-hybridized carbons (Fsp3) is 0.722. The van der Waals surface area contributed by atoms with Crippen LogP contribution >= 0.6 is 0 Å². The summed E-state index contributed by atoms with van der Waals surface area (Å²) in [5, 5.41) is 0.203. The van der Waals surface area contributed by atoms with E-state index in [2.05, 4.69) is 66.5 Å². The van der Waals surface area contributed by atoms with Gasteiger partial charge in [-0.1, -0.05) is 20.8 Å². The van der Waals surface area contributed by atoms with Crippen LogP contribution in [-0.2, 0) is 20.3 Å². The largest absolute Gasteiger partial charge is 0.514 e. The second kappa shape index (κ2) is 6.24. The summed E-state index contributed by atoms with van der Waals surface area (Å²) in [5.41, 5.74) is 1.21. The van der Waals surface area contributed by atoms with Crippen molar-refractivity contribution in [1.82, 2.24) is 4.98 Å². The number of aromatic nitrogens is 1. The van der Waals surface area contributed by atoms with E-state index in [0.29, 0.717) is 6.61 Å². The summed E-state index contributed by atoms with van der Waals surface area (Å²) in [6.45, 7) is 20.1. The molecule has 0 spiro atoms. The van der Waals surface area contributed by atoms with Crippen LogP contribution in [-0.4, -0.2) is 31.6 Å². The van der Waals surface area contributed by atoms with Crippen LogP contribution in [0.5, 0.6) is 0 Å². The minimum atomic E-state index is -1.77. The van der Waals surface area contributed by atoms with Crippen LogP contribution in [0, 0.1) is 0 Å². The standard InChI is InChI=1S/C18H32BNO3Si/c1-16(2,3)24(8,9)21-13-14-10-11-20-15(12-14)19-22-17(4,5)18(6,7)23-19/h10-12H,13H2,1-9H3. The lowest BCUT2D eigenvalue weighted by Crippen LogP contribution is -2.41. The van der Waals surface area contributed by atoms with Gasteiger partial charge in [0.1, 0.15) is 0 Å². The molecule has 24 heavy (non-hydrogen) atoms. The van der Waals surface area contributed by atoms with Crippen LogP contribution in [0.3, 0.4) is 0 Å². The zero-order chi connectivity index (χ0) is 18.4. The predicted molar refractivity (Wildman–Crippen MR) is 102 cm³/mol. The van der Waals surface area contributed by atoms with Crippen LogP contribution in [0.15, 0.2) is 18.3 Å². The molecule has 0 aliphatic carbocycles. The highest BCUT2D eigenvalue weighted by atomic mass is 28.4. The van der Waals surface area contributed by atoms with E-state index in [1.54, 1.807) is 0 Å². The molecule has 0 N–H and O–H groups in total. The van der Waals surface area contributed by atoms with E-state index in [1.165, 1.54) is 0 Å². The normalized spacial score (nSPS) is 20.5. The maximum Gasteiger partial charge on any atom is 0.514 e. The van der Waals surface area contributed by atoms with Gasteiger partial charge in [0, 0.05) is 6.20 Å². The molecule has 0 radical (unpaired) electrons. The molecule has 0 aromatic carbocycles. The SMILES string of the molecule is CC1(C)OB(c2cc(CO[Si](C)(C)C(C)(C)C)ccn2)OC1(C)C. The molecule has 0 bridgehead atoms. The van der Waals surface area contributed by atoms with Gasteiger partial charge in [-0.3, -0.25) is 4.98 Å². The fourth-order valence-corrected chi connectivity index (χ4v) is 3.12. The van der Waals surface area contributed by atoms with Crippen LogP contribution in [0.2, 0.25) is 18.1 Å². The van der Waals surface area contributed by atoms with Gasteiger partial charge in [-0.2, -0.15) is 0 Å². The lowest BCUT2D eigenvalue weighted by Gasteiger charge is -2.36. The summed E-state index contributed by atoms with van der Waals surface area (Å²) in [5.74, 6) is 0. The first-order chi connectivity index (χ1) is 10.8. The molecule has 1 fully saturated rings. The Balaban J connectivity index is 2.11. The average molecular weight is 349 g/mol. The topological polar surface area (TPSA) is 40.6 Å². The summed E-state index contributed by atoms with van der Waals surface area (Å²) in [7, 11) is -2.19. The van der Waals surface area contributed by atoms with Crippen molar-refractivity contribution in [1.29, 1.82) is 0 Å². The van der Waals surface area contributed by atoms with E-state index < -0.39 is 15.4 Å². The first kappa shape index (κ1) is 19.6. The molecule has 0 atom stereocenters. The van der Waals surface area contributed by atoms with Gasteiger partial charge in [0.15, 0.2) is 8.32 Å². The fourth-order valence-electron chi connectivity index (χ4n) is 2.16. The Bertz CT molecular complexity index is 580. The van der Waals surface area contributed by atoms with Crippen molar-refractivity contribution in [3.05, 3.63) is 23.9 Å². The smallest absolute Gasteiger partial charge is 0.413 e. The highest BCUT2D eigenvalue weighted by Crippen LogP contribution is 2.37. The summed E-state index contributed by atoms with van der Waals surface area (Å²) < 4.78 is 18.5.